The van der Waals surface area contributed by atoms with Gasteiger partial charge in [0, 0.05) is 69.8 Å². The third-order valence-electron chi connectivity index (χ3n) is 16.7. The number of carbonyl (C=O) groups is 2. The molecule has 6 rings (SSSR count). The molecule has 1 aromatic rings. The van der Waals surface area contributed by atoms with E-state index in [0.29, 0.717) is 43.8 Å². The number of sulfonamides is 1. The van der Waals surface area contributed by atoms with E-state index in [1.165, 1.54) is 45.2 Å². The third-order valence-corrected chi connectivity index (χ3v) is 18.5. The molecule has 5 heterocycles. The molecule has 0 aliphatic carbocycles. The van der Waals surface area contributed by atoms with Crippen molar-refractivity contribution in [1.29, 1.82) is 0 Å². The number of carbonyl (C=O) groups excluding carboxylic acids is 2. The molecule has 444 valence electrons. The van der Waals surface area contributed by atoms with Crippen LogP contribution in [0.3, 0.4) is 0 Å². The summed E-state index contributed by atoms with van der Waals surface area (Å²) >= 11 is 0. The zero-order chi connectivity index (χ0) is 58.0. The number of allylic oxidation sites excluding steroid dienone is 1. The zero-order valence-corrected chi connectivity index (χ0v) is 49.2. The number of aliphatic hydroxyl groups is 5. The molecule has 5 aliphatic rings. The highest BCUT2D eigenvalue weighted by molar-refractivity contribution is 7.89. The van der Waals surface area contributed by atoms with Gasteiger partial charge < -0.3 is 73.9 Å². The van der Waals surface area contributed by atoms with Gasteiger partial charge in [0.25, 0.3) is 0 Å². The Bertz CT molecular complexity index is 2360. The molecule has 78 heavy (non-hydrogen) atoms. The second-order valence-corrected chi connectivity index (χ2v) is 25.6. The van der Waals surface area contributed by atoms with Gasteiger partial charge in [0.2, 0.25) is 10.0 Å². The lowest BCUT2D eigenvalue weighted by molar-refractivity contribution is -0.318. The minimum Gasteiger partial charge on any atom is -0.459 e. The molecule has 1 amide bonds. The van der Waals surface area contributed by atoms with Gasteiger partial charge in [-0.05, 0) is 131 Å². The maximum atomic E-state index is 14.5. The van der Waals surface area contributed by atoms with Crippen LogP contribution in [-0.4, -0.2) is 210 Å². The predicted octanol–water partition coefficient (Wildman–Crippen LogP) is 2.97. The van der Waals surface area contributed by atoms with E-state index in [1.54, 1.807) is 71.8 Å². The number of aliphatic hydroxyl groups excluding tert-OH is 3. The Balaban J connectivity index is 1.19. The van der Waals surface area contributed by atoms with Crippen LogP contribution >= 0.6 is 0 Å². The number of methoxy groups -OCH3 is 1. The van der Waals surface area contributed by atoms with E-state index < -0.39 is 118 Å². The SMILES string of the molecule is CC[C@H]1OC(=O)[C@H](C)[C@@H](O[C@H]2C[C@@](C)(OC)[C@@H](O)[C@H](C)O2)[C@H](C)[C@@H](O[C@@H]2O[C@H](C)C[C@H](N(C)CCCC3=CN(/C=C4/CN(c5ccc(S(=O)(=O)N(C)C)cc5)C(=O)O4)NN3)[C@H]2O)[C@](C)(O)C[C@@H](C)CN(C)[C@H](C)[C@@H](O)[C@]1(C)O. The number of nitrogens with one attached hydrogen (secondary N) is 2. The highest BCUT2D eigenvalue weighted by Crippen LogP contribution is 2.41. The second kappa shape index (κ2) is 25.7. The first-order valence-electron chi connectivity index (χ1n) is 27.3. The van der Waals surface area contributed by atoms with Crippen LogP contribution in [0.4, 0.5) is 10.5 Å². The van der Waals surface area contributed by atoms with E-state index in [9.17, 15) is 43.5 Å². The lowest BCUT2D eigenvalue weighted by Crippen LogP contribution is -2.60. The number of benzene rings is 1. The summed E-state index contributed by atoms with van der Waals surface area (Å²) in [5.41, 5.74) is 2.95. The van der Waals surface area contributed by atoms with Gasteiger partial charge in [0.1, 0.15) is 35.8 Å². The topological polar surface area (TPSA) is 274 Å². The van der Waals surface area contributed by atoms with Crippen LogP contribution in [0, 0.1) is 17.8 Å². The van der Waals surface area contributed by atoms with Gasteiger partial charge in [-0.15, -0.1) is 5.53 Å². The fourth-order valence-corrected chi connectivity index (χ4v) is 12.7. The van der Waals surface area contributed by atoms with Crippen molar-refractivity contribution in [2.24, 2.45) is 17.8 Å². The summed E-state index contributed by atoms with van der Waals surface area (Å²) in [6.07, 6.45) is -5.15. The van der Waals surface area contributed by atoms with Crippen LogP contribution in [0.25, 0.3) is 0 Å². The Morgan fingerprint density at radius 3 is 2.23 bits per heavy atom. The van der Waals surface area contributed by atoms with Gasteiger partial charge in [-0.25, -0.2) is 17.5 Å². The van der Waals surface area contributed by atoms with Crippen LogP contribution < -0.4 is 15.9 Å². The molecular formula is C54H91N7O16S. The standard InChI is InChI=1S/C54H91N7O16S/c1-16-42-54(10,68)46(63)35(6)59(14)27-31(2)25-52(8,67)48(33(4)45(34(5)49(65)75-42)76-43-26-53(9,71-15)47(64)36(7)73-43)77-50-44(62)41(24-32(3)72-50)58(13)23-17-18-37-28-60(56-55-37)29-39-30-61(51(66)74-39)38-19-21-40(22-20-38)78(69,70)57(11)12/h19-22,28-29,31-36,41-48,50,55-56,62-64,67-68H,16-18,23-27,30H2,1-15H3/b39-29-/t31-,32-,33+,34-,35-,36+,41+,42-,43+,44-,45+,46-,47+,48-,50+,52-,53-,54-/m1/s1. The lowest BCUT2D eigenvalue weighted by Gasteiger charge is -2.49. The highest BCUT2D eigenvalue weighted by Gasteiger charge is 2.53. The Hall–Kier alpha value is -3.57. The van der Waals surface area contributed by atoms with Crippen LogP contribution in [0.1, 0.15) is 108 Å². The van der Waals surface area contributed by atoms with E-state index in [1.807, 2.05) is 39.0 Å². The largest absolute Gasteiger partial charge is 0.459 e. The quantitative estimate of drug-likeness (QED) is 0.124. The molecule has 18 atom stereocenters. The molecule has 1 aromatic carbocycles. The highest BCUT2D eigenvalue weighted by atomic mass is 32.2. The Morgan fingerprint density at radius 2 is 1.60 bits per heavy atom. The number of hydrogen-bond acceptors (Lipinski definition) is 21. The zero-order valence-electron chi connectivity index (χ0n) is 48.4. The molecule has 0 radical (unpaired) electrons. The number of likely N-dealkylation sites (N-methyl/N-ethyl adjacent to an activating group) is 2. The monoisotopic (exact) mass is 1130 g/mol. The maximum Gasteiger partial charge on any atom is 0.419 e. The van der Waals surface area contributed by atoms with E-state index in [2.05, 4.69) is 15.9 Å². The number of ether oxygens (including phenoxy) is 7. The van der Waals surface area contributed by atoms with Gasteiger partial charge in [-0.2, -0.15) is 0 Å². The van der Waals surface area contributed by atoms with E-state index in [4.69, 9.17) is 33.2 Å². The predicted molar refractivity (Wildman–Crippen MR) is 288 cm³/mol. The van der Waals surface area contributed by atoms with E-state index in [0.717, 1.165) is 10.0 Å². The average Bonchev–Trinajstić information content (AvgIpc) is 3.99. The molecule has 7 N–H and O–H groups in total. The molecule has 5 aliphatic heterocycles. The molecule has 0 spiro atoms. The molecule has 23 nitrogen and oxygen atoms in total. The van der Waals surface area contributed by atoms with Crippen LogP contribution in [0.2, 0.25) is 0 Å². The van der Waals surface area contributed by atoms with Crippen molar-refractivity contribution in [1.82, 2.24) is 30.1 Å². The van der Waals surface area contributed by atoms with E-state index in [-0.39, 0.29) is 42.7 Å². The summed E-state index contributed by atoms with van der Waals surface area (Å²) in [7, 11) is 4.51. The summed E-state index contributed by atoms with van der Waals surface area (Å²) < 4.78 is 70.0. The van der Waals surface area contributed by atoms with Gasteiger partial charge in [0.15, 0.2) is 12.6 Å². The van der Waals surface area contributed by atoms with Crippen molar-refractivity contribution in [3.05, 3.63) is 48.1 Å². The first-order valence-corrected chi connectivity index (χ1v) is 28.8. The summed E-state index contributed by atoms with van der Waals surface area (Å²) in [4.78, 5) is 32.8. The fraction of sp³-hybridized carbons (Fsp3) is 0.778. The second-order valence-electron chi connectivity index (χ2n) is 23.4. The summed E-state index contributed by atoms with van der Waals surface area (Å²) in [6.45, 7) is 18.5. The number of nitrogens with zero attached hydrogens (tertiary/aromatic N) is 5. The molecule has 4 saturated heterocycles. The first kappa shape index (κ1) is 63.6. The van der Waals surface area contributed by atoms with Crippen molar-refractivity contribution < 1.29 is 76.7 Å². The molecule has 24 heteroatoms. The maximum absolute atomic E-state index is 14.5. The molecular weight excluding hydrogens is 1030 g/mol. The van der Waals surface area contributed by atoms with Crippen molar-refractivity contribution in [3.8, 4) is 0 Å². The summed E-state index contributed by atoms with van der Waals surface area (Å²) in [5.74, 6) is -2.49. The van der Waals surface area contributed by atoms with Gasteiger partial charge in [-0.1, -0.05) is 20.8 Å². The van der Waals surface area contributed by atoms with Crippen molar-refractivity contribution >= 4 is 27.8 Å². The van der Waals surface area contributed by atoms with Gasteiger partial charge in [-0.3, -0.25) is 14.7 Å². The molecule has 0 saturated carbocycles. The number of rotatable bonds is 15. The summed E-state index contributed by atoms with van der Waals surface area (Å²) in [5, 5.41) is 61.4. The van der Waals surface area contributed by atoms with Crippen LogP contribution in [-0.2, 0) is 48.0 Å². The van der Waals surface area contributed by atoms with Gasteiger partial charge in [0.05, 0.1) is 59.2 Å². The van der Waals surface area contributed by atoms with Crippen molar-refractivity contribution in [2.75, 3.05) is 59.8 Å². The first-order chi connectivity index (χ1) is 36.3. The number of hydrogen-bond donors (Lipinski definition) is 7. The van der Waals surface area contributed by atoms with Gasteiger partial charge >= 0.3 is 12.1 Å². The van der Waals surface area contributed by atoms with Crippen LogP contribution in [0.15, 0.2) is 53.0 Å². The molecule has 0 bridgehead atoms. The minimum absolute atomic E-state index is 0.0844. The average molecular weight is 1130 g/mol. The minimum atomic E-state index is -3.64. The van der Waals surface area contributed by atoms with Crippen LogP contribution in [0.5, 0.6) is 0 Å². The number of anilines is 1. The number of hydrazine groups is 2. The Labute approximate surface area is 461 Å². The number of cyclic esters (lactones) is 2. The van der Waals surface area contributed by atoms with E-state index >= 15 is 0 Å². The molecule has 0 unspecified atom stereocenters. The third kappa shape index (κ3) is 14.4. The Kier molecular flexibility index (Phi) is 21.0. The lowest BCUT2D eigenvalue weighted by atomic mass is 9.77. The smallest absolute Gasteiger partial charge is 0.419 e. The van der Waals surface area contributed by atoms with Crippen molar-refractivity contribution in [2.45, 2.75) is 203 Å². The summed E-state index contributed by atoms with van der Waals surface area (Å²) in [6, 6.07) is 4.99. The number of esters is 1. The fourth-order valence-electron chi connectivity index (χ4n) is 11.8. The normalized spacial score (nSPS) is 39.7. The molecule has 4 fully saturated rings. The Morgan fingerprint density at radius 1 is 0.936 bits per heavy atom. The number of amides is 1. The molecule has 0 aromatic heterocycles. The van der Waals surface area contributed by atoms with Crippen molar-refractivity contribution in [3.63, 3.8) is 0 Å².